The lowest BCUT2D eigenvalue weighted by Gasteiger charge is -2.12. The van der Waals surface area contributed by atoms with E-state index in [9.17, 15) is 4.79 Å². The van der Waals surface area contributed by atoms with Crippen LogP contribution in [0.2, 0.25) is 0 Å². The second-order valence-corrected chi connectivity index (χ2v) is 6.82. The summed E-state index contributed by atoms with van der Waals surface area (Å²) >= 11 is 1.67. The number of nitrogens with one attached hydrogen (secondary N) is 1. The molecule has 1 aromatic carbocycles. The van der Waals surface area contributed by atoms with Crippen LogP contribution in [-0.2, 0) is 11.3 Å². The summed E-state index contributed by atoms with van der Waals surface area (Å²) in [5.41, 5.74) is 2.33. The molecule has 1 N–H and O–H groups in total. The van der Waals surface area contributed by atoms with Crippen molar-refractivity contribution < 1.29 is 9.53 Å². The topological polar surface area (TPSA) is 59.9 Å². The van der Waals surface area contributed by atoms with Gasteiger partial charge in [0.05, 0.1) is 17.6 Å². The van der Waals surface area contributed by atoms with Gasteiger partial charge in [-0.25, -0.2) is 9.78 Å². The molecule has 0 aliphatic rings. The van der Waals surface area contributed by atoms with Gasteiger partial charge in [0.25, 0.3) is 0 Å². The van der Waals surface area contributed by atoms with Crippen LogP contribution in [0.3, 0.4) is 0 Å². The van der Waals surface area contributed by atoms with Crippen molar-refractivity contribution in [1.82, 2.24) is 14.5 Å². The van der Waals surface area contributed by atoms with Crippen molar-refractivity contribution in [2.45, 2.75) is 19.6 Å². The predicted molar refractivity (Wildman–Crippen MR) is 97.8 cm³/mol. The molecule has 0 radical (unpaired) electrons. The number of esters is 1. The SMILES string of the molecule is CC(OC(=O)c1cccn1Cc1cccs1)c1nc2ccccc2[nH]1. The molecule has 0 bridgehead atoms. The maximum absolute atomic E-state index is 12.6. The molecule has 1 unspecified atom stereocenters. The number of hydrogen-bond donors (Lipinski definition) is 1. The van der Waals surface area contributed by atoms with Gasteiger partial charge < -0.3 is 14.3 Å². The van der Waals surface area contributed by atoms with Crippen molar-refractivity contribution in [3.05, 3.63) is 76.5 Å². The fourth-order valence-electron chi connectivity index (χ4n) is 2.75. The zero-order valence-corrected chi connectivity index (χ0v) is 14.5. The van der Waals surface area contributed by atoms with Crippen LogP contribution in [0, 0.1) is 0 Å². The largest absolute Gasteiger partial charge is 0.450 e. The Morgan fingerprint density at radius 3 is 2.92 bits per heavy atom. The number of thiophene rings is 1. The standard InChI is InChI=1S/C19H17N3O2S/c1-13(18-20-15-7-2-3-8-16(15)21-18)24-19(23)17-9-4-10-22(17)12-14-6-5-11-25-14/h2-11,13H,12H2,1H3,(H,20,21). The van der Waals surface area contributed by atoms with Crippen LogP contribution in [0.1, 0.15) is 34.2 Å². The number of aromatic nitrogens is 3. The molecule has 0 spiro atoms. The van der Waals surface area contributed by atoms with Crippen LogP contribution in [0.25, 0.3) is 11.0 Å². The van der Waals surface area contributed by atoms with Gasteiger partial charge in [-0.05, 0) is 42.6 Å². The number of fused-ring (bicyclic) bond motifs is 1. The predicted octanol–water partition coefficient (Wildman–Crippen LogP) is 4.39. The number of aromatic amines is 1. The highest BCUT2D eigenvalue weighted by Crippen LogP contribution is 2.20. The first kappa shape index (κ1) is 15.7. The van der Waals surface area contributed by atoms with Crippen LogP contribution in [0.15, 0.2) is 60.1 Å². The summed E-state index contributed by atoms with van der Waals surface area (Å²) in [7, 11) is 0. The minimum atomic E-state index is -0.454. The normalized spacial score (nSPS) is 12.4. The van der Waals surface area contributed by atoms with Crippen LogP contribution in [-0.4, -0.2) is 20.5 Å². The third-order valence-electron chi connectivity index (χ3n) is 4.02. The quantitative estimate of drug-likeness (QED) is 0.542. The number of carbonyl (C=O) groups is 1. The van der Waals surface area contributed by atoms with Gasteiger partial charge in [0.15, 0.2) is 6.10 Å². The molecule has 3 heterocycles. The highest BCUT2D eigenvalue weighted by atomic mass is 32.1. The van der Waals surface area contributed by atoms with Crippen molar-refractivity contribution >= 4 is 28.3 Å². The molecule has 4 rings (SSSR count). The van der Waals surface area contributed by atoms with E-state index < -0.39 is 6.10 Å². The van der Waals surface area contributed by atoms with E-state index in [0.29, 0.717) is 18.1 Å². The van der Waals surface area contributed by atoms with Crippen molar-refractivity contribution in [2.75, 3.05) is 0 Å². The number of rotatable bonds is 5. The van der Waals surface area contributed by atoms with E-state index in [1.807, 2.05) is 59.5 Å². The lowest BCUT2D eigenvalue weighted by atomic mass is 10.3. The summed E-state index contributed by atoms with van der Waals surface area (Å²) in [6.45, 7) is 2.48. The summed E-state index contributed by atoms with van der Waals surface area (Å²) in [4.78, 5) is 21.5. The molecule has 0 aliphatic carbocycles. The highest BCUT2D eigenvalue weighted by molar-refractivity contribution is 7.09. The van der Waals surface area contributed by atoms with Crippen LogP contribution >= 0.6 is 11.3 Å². The molecule has 0 aliphatic heterocycles. The summed E-state index contributed by atoms with van der Waals surface area (Å²) < 4.78 is 7.52. The monoisotopic (exact) mass is 351 g/mol. The maximum atomic E-state index is 12.6. The first-order valence-electron chi connectivity index (χ1n) is 8.04. The molecule has 0 saturated carbocycles. The van der Waals surface area contributed by atoms with Crippen molar-refractivity contribution in [3.8, 4) is 0 Å². The van der Waals surface area contributed by atoms with Gasteiger partial charge in [0, 0.05) is 11.1 Å². The Morgan fingerprint density at radius 2 is 2.12 bits per heavy atom. The molecule has 25 heavy (non-hydrogen) atoms. The maximum Gasteiger partial charge on any atom is 0.355 e. The number of hydrogen-bond acceptors (Lipinski definition) is 4. The van der Waals surface area contributed by atoms with Gasteiger partial charge in [-0.2, -0.15) is 0 Å². The highest BCUT2D eigenvalue weighted by Gasteiger charge is 2.19. The number of ether oxygens (including phenoxy) is 1. The molecular formula is C19H17N3O2S. The average Bonchev–Trinajstić information content (AvgIpc) is 3.35. The fourth-order valence-corrected chi connectivity index (χ4v) is 3.45. The first-order chi connectivity index (χ1) is 12.2. The molecule has 5 nitrogen and oxygen atoms in total. The Balaban J connectivity index is 1.51. The molecule has 4 aromatic rings. The van der Waals surface area contributed by atoms with Gasteiger partial charge in [-0.3, -0.25) is 0 Å². The third-order valence-corrected chi connectivity index (χ3v) is 4.88. The third kappa shape index (κ3) is 3.21. The van der Waals surface area contributed by atoms with E-state index in [-0.39, 0.29) is 5.97 Å². The minimum absolute atomic E-state index is 0.352. The molecule has 126 valence electrons. The molecular weight excluding hydrogens is 334 g/mol. The van der Waals surface area contributed by atoms with Crippen molar-refractivity contribution in [3.63, 3.8) is 0 Å². The van der Waals surface area contributed by atoms with Gasteiger partial charge in [-0.1, -0.05) is 18.2 Å². The van der Waals surface area contributed by atoms with Gasteiger partial charge in [-0.15, -0.1) is 11.3 Å². The molecule has 3 aromatic heterocycles. The average molecular weight is 351 g/mol. The smallest absolute Gasteiger partial charge is 0.355 e. The second-order valence-electron chi connectivity index (χ2n) is 5.79. The number of para-hydroxylation sites is 2. The summed E-state index contributed by atoms with van der Waals surface area (Å²) in [6, 6.07) is 15.4. The van der Waals surface area contributed by atoms with Gasteiger partial charge in [0.1, 0.15) is 11.5 Å². The summed E-state index contributed by atoms with van der Waals surface area (Å²) in [6.07, 6.45) is 1.44. The van der Waals surface area contributed by atoms with Crippen LogP contribution in [0.5, 0.6) is 0 Å². The molecule has 6 heteroatoms. The van der Waals surface area contributed by atoms with Crippen LogP contribution < -0.4 is 0 Å². The summed E-state index contributed by atoms with van der Waals surface area (Å²) in [5, 5.41) is 2.03. The Labute approximate surface area is 148 Å². The van der Waals surface area contributed by atoms with Crippen molar-refractivity contribution in [1.29, 1.82) is 0 Å². The lowest BCUT2D eigenvalue weighted by Crippen LogP contribution is -2.15. The van der Waals surface area contributed by atoms with Crippen LogP contribution in [0.4, 0.5) is 0 Å². The number of imidazole rings is 1. The Morgan fingerprint density at radius 1 is 1.24 bits per heavy atom. The number of H-pyrrole nitrogens is 1. The van der Waals surface area contributed by atoms with E-state index in [2.05, 4.69) is 16.0 Å². The zero-order valence-electron chi connectivity index (χ0n) is 13.7. The minimum Gasteiger partial charge on any atom is -0.450 e. The van der Waals surface area contributed by atoms with Gasteiger partial charge >= 0.3 is 5.97 Å². The number of carbonyl (C=O) groups excluding carboxylic acids is 1. The van der Waals surface area contributed by atoms with Gasteiger partial charge in [0.2, 0.25) is 0 Å². The summed E-state index contributed by atoms with van der Waals surface area (Å²) in [5.74, 6) is 0.292. The molecule has 0 amide bonds. The molecule has 1 atom stereocenters. The lowest BCUT2D eigenvalue weighted by molar-refractivity contribution is 0.0310. The van der Waals surface area contributed by atoms with E-state index in [4.69, 9.17) is 4.74 Å². The Hall–Kier alpha value is -2.86. The Kier molecular flexibility index (Phi) is 4.11. The van der Waals surface area contributed by atoms with Crippen molar-refractivity contribution in [2.24, 2.45) is 0 Å². The fraction of sp³-hybridized carbons (Fsp3) is 0.158. The van der Waals surface area contributed by atoms with E-state index in [0.717, 1.165) is 11.0 Å². The second kappa shape index (κ2) is 6.57. The first-order valence-corrected chi connectivity index (χ1v) is 8.92. The number of benzene rings is 1. The Bertz CT molecular complexity index is 968. The van der Waals surface area contributed by atoms with E-state index >= 15 is 0 Å². The van der Waals surface area contributed by atoms with E-state index in [1.54, 1.807) is 17.4 Å². The molecule has 0 saturated heterocycles. The molecule has 0 fully saturated rings. The van der Waals surface area contributed by atoms with E-state index in [1.165, 1.54) is 4.88 Å². The zero-order chi connectivity index (χ0) is 17.2. The number of nitrogens with zero attached hydrogens (tertiary/aromatic N) is 2.